The van der Waals surface area contributed by atoms with Crippen LogP contribution in [0.4, 0.5) is 0 Å². The second-order valence-electron chi connectivity index (χ2n) is 6.99. The van der Waals surface area contributed by atoms with E-state index in [9.17, 15) is 5.26 Å². The molecule has 1 fully saturated rings. The van der Waals surface area contributed by atoms with Crippen LogP contribution in [0.25, 0.3) is 0 Å². The van der Waals surface area contributed by atoms with Gasteiger partial charge in [0, 0.05) is 33.2 Å². The van der Waals surface area contributed by atoms with E-state index in [1.165, 1.54) is 16.7 Å². The van der Waals surface area contributed by atoms with E-state index in [1.54, 1.807) is 0 Å². The molecular weight excluding hydrogens is 362 g/mol. The van der Waals surface area contributed by atoms with Crippen molar-refractivity contribution in [3.8, 4) is 6.07 Å². The summed E-state index contributed by atoms with van der Waals surface area (Å²) in [5.74, 6) is 0.936. The van der Waals surface area contributed by atoms with Crippen molar-refractivity contribution < 1.29 is 4.74 Å². The highest BCUT2D eigenvalue weighted by molar-refractivity contribution is 9.10. The van der Waals surface area contributed by atoms with Gasteiger partial charge in [-0.05, 0) is 28.8 Å². The van der Waals surface area contributed by atoms with E-state index >= 15 is 0 Å². The average molecular weight is 378 g/mol. The monoisotopic (exact) mass is 377 g/mol. The predicted molar refractivity (Wildman–Crippen MR) is 95.6 cm³/mol. The highest BCUT2D eigenvalue weighted by atomic mass is 79.9. The molecule has 5 rings (SSSR count). The van der Waals surface area contributed by atoms with Crippen molar-refractivity contribution in [1.29, 1.82) is 5.26 Å². The fourth-order valence-electron chi connectivity index (χ4n) is 5.03. The lowest BCUT2D eigenvalue weighted by Crippen LogP contribution is -2.49. The third-order valence-electron chi connectivity index (χ3n) is 6.11. The number of allylic oxidation sites excluding steroid dienone is 1. The molecule has 1 spiro atoms. The fraction of sp³-hybridized carbons (Fsp3) is 0.286. The molecule has 1 heterocycles. The third-order valence-corrected chi connectivity index (χ3v) is 6.64. The van der Waals surface area contributed by atoms with Gasteiger partial charge < -0.3 is 4.74 Å². The highest BCUT2D eigenvalue weighted by Crippen LogP contribution is 2.67. The second kappa shape index (κ2) is 5.05. The van der Waals surface area contributed by atoms with Crippen molar-refractivity contribution in [1.82, 2.24) is 0 Å². The topological polar surface area (TPSA) is 33.0 Å². The standard InChI is InChI=1S/C21H16BrNO/c22-15-7-5-13(6-8-15)20-17-4-2-1-3-16(17)18-9-14(10-23)21(18)12-24-11-19(20)21/h1-9,18-20H,11-12H2/t18-,19+,20-,21-/m0/s1. The Hall–Kier alpha value is -1.89. The Kier molecular flexibility index (Phi) is 3.04. The van der Waals surface area contributed by atoms with Gasteiger partial charge in [-0.3, -0.25) is 0 Å². The molecule has 118 valence electrons. The zero-order chi connectivity index (χ0) is 16.3. The molecule has 1 saturated heterocycles. The Morgan fingerprint density at radius 2 is 1.83 bits per heavy atom. The summed E-state index contributed by atoms with van der Waals surface area (Å²) in [5, 5.41) is 9.63. The van der Waals surface area contributed by atoms with Crippen LogP contribution in [0.5, 0.6) is 0 Å². The van der Waals surface area contributed by atoms with Crippen LogP contribution in [-0.4, -0.2) is 13.2 Å². The van der Waals surface area contributed by atoms with Crippen molar-refractivity contribution in [3.05, 3.63) is 81.3 Å². The zero-order valence-electron chi connectivity index (χ0n) is 13.1. The summed E-state index contributed by atoms with van der Waals surface area (Å²) in [6.45, 7) is 1.40. The minimum atomic E-state index is -0.124. The van der Waals surface area contributed by atoms with E-state index in [2.05, 4.69) is 76.6 Å². The lowest BCUT2D eigenvalue weighted by molar-refractivity contribution is 0.146. The van der Waals surface area contributed by atoms with Crippen LogP contribution in [0.15, 0.2) is 64.7 Å². The first kappa shape index (κ1) is 14.5. The number of hydrogen-bond donors (Lipinski definition) is 0. The molecular formula is C21H16BrNO. The van der Waals surface area contributed by atoms with Gasteiger partial charge in [0.25, 0.3) is 0 Å². The van der Waals surface area contributed by atoms with Crippen molar-refractivity contribution in [3.63, 3.8) is 0 Å². The van der Waals surface area contributed by atoms with Gasteiger partial charge in [0.1, 0.15) is 0 Å². The molecule has 24 heavy (non-hydrogen) atoms. The summed E-state index contributed by atoms with van der Waals surface area (Å²) < 4.78 is 7.04. The SMILES string of the molecule is N#CC1=C[C@H]2c3ccccc3[C@H](c3ccc(Br)cc3)[C@H]3COC[C@@]132. The van der Waals surface area contributed by atoms with Crippen LogP contribution in [0.2, 0.25) is 0 Å². The van der Waals surface area contributed by atoms with Gasteiger partial charge in [-0.2, -0.15) is 5.26 Å². The molecule has 0 saturated carbocycles. The Bertz CT molecular complexity index is 895. The molecule has 0 aromatic heterocycles. The number of hydrogen-bond acceptors (Lipinski definition) is 2. The first-order chi connectivity index (χ1) is 11.8. The molecule has 3 aliphatic rings. The number of benzene rings is 2. The van der Waals surface area contributed by atoms with Crippen molar-refractivity contribution in [2.24, 2.45) is 11.3 Å². The molecule has 4 atom stereocenters. The molecule has 0 N–H and O–H groups in total. The third kappa shape index (κ3) is 1.68. The fourth-order valence-corrected chi connectivity index (χ4v) is 5.29. The Morgan fingerprint density at radius 3 is 2.58 bits per heavy atom. The molecule has 2 aromatic rings. The minimum Gasteiger partial charge on any atom is -0.380 e. The van der Waals surface area contributed by atoms with Gasteiger partial charge >= 0.3 is 0 Å². The summed E-state index contributed by atoms with van der Waals surface area (Å²) in [4.78, 5) is 0. The first-order valence-corrected chi connectivity index (χ1v) is 9.09. The maximum absolute atomic E-state index is 9.63. The van der Waals surface area contributed by atoms with Gasteiger partial charge in [0.05, 0.1) is 19.3 Å². The normalized spacial score (nSPS) is 32.7. The smallest absolute Gasteiger partial charge is 0.0951 e. The largest absolute Gasteiger partial charge is 0.380 e. The number of rotatable bonds is 1. The Morgan fingerprint density at radius 1 is 1.08 bits per heavy atom. The van der Waals surface area contributed by atoms with E-state index in [0.29, 0.717) is 18.4 Å². The van der Waals surface area contributed by atoms with Crippen LogP contribution in [0.1, 0.15) is 28.5 Å². The molecule has 0 radical (unpaired) electrons. The van der Waals surface area contributed by atoms with Gasteiger partial charge in [-0.25, -0.2) is 0 Å². The lowest BCUT2D eigenvalue weighted by atomic mass is 9.47. The summed E-state index contributed by atoms with van der Waals surface area (Å²) in [6, 6.07) is 19.8. The van der Waals surface area contributed by atoms with Gasteiger partial charge in [-0.15, -0.1) is 0 Å². The van der Waals surface area contributed by atoms with E-state index < -0.39 is 0 Å². The van der Waals surface area contributed by atoms with Crippen molar-refractivity contribution in [2.75, 3.05) is 13.2 Å². The van der Waals surface area contributed by atoms with E-state index in [1.807, 2.05) is 0 Å². The van der Waals surface area contributed by atoms with Crippen LogP contribution < -0.4 is 0 Å². The van der Waals surface area contributed by atoms with Gasteiger partial charge in [0.2, 0.25) is 0 Å². The quantitative estimate of drug-likeness (QED) is 0.716. The molecule has 2 aromatic carbocycles. The molecule has 0 unspecified atom stereocenters. The van der Waals surface area contributed by atoms with Gasteiger partial charge in [-0.1, -0.05) is 58.4 Å². The first-order valence-electron chi connectivity index (χ1n) is 8.30. The molecule has 2 nitrogen and oxygen atoms in total. The molecule has 2 aliphatic carbocycles. The number of nitriles is 1. The molecule has 0 bridgehead atoms. The van der Waals surface area contributed by atoms with Crippen LogP contribution in [0, 0.1) is 22.7 Å². The summed E-state index contributed by atoms with van der Waals surface area (Å²) >= 11 is 3.53. The number of halogens is 1. The van der Waals surface area contributed by atoms with Crippen LogP contribution in [0.3, 0.4) is 0 Å². The number of ether oxygens (including phenoxy) is 1. The average Bonchev–Trinajstić information content (AvgIpc) is 3.05. The maximum atomic E-state index is 9.63. The summed E-state index contributed by atoms with van der Waals surface area (Å²) in [5.41, 5.74) is 4.87. The Balaban J connectivity index is 1.75. The highest BCUT2D eigenvalue weighted by Gasteiger charge is 2.62. The lowest BCUT2D eigenvalue weighted by Gasteiger charge is -2.53. The van der Waals surface area contributed by atoms with E-state index in [4.69, 9.17) is 4.74 Å². The van der Waals surface area contributed by atoms with Crippen LogP contribution >= 0.6 is 15.9 Å². The Labute approximate surface area is 149 Å². The van der Waals surface area contributed by atoms with Crippen LogP contribution in [-0.2, 0) is 4.74 Å². The predicted octanol–water partition coefficient (Wildman–Crippen LogP) is 4.77. The van der Waals surface area contributed by atoms with E-state index in [0.717, 1.165) is 16.7 Å². The number of nitrogens with zero attached hydrogens (tertiary/aromatic N) is 1. The molecule has 1 aliphatic heterocycles. The molecule has 3 heteroatoms. The minimum absolute atomic E-state index is 0.124. The summed E-state index contributed by atoms with van der Waals surface area (Å²) in [6.07, 6.45) is 2.15. The van der Waals surface area contributed by atoms with Crippen molar-refractivity contribution >= 4 is 15.9 Å². The zero-order valence-corrected chi connectivity index (χ0v) is 14.7. The van der Waals surface area contributed by atoms with Crippen molar-refractivity contribution in [2.45, 2.75) is 11.8 Å². The van der Waals surface area contributed by atoms with Gasteiger partial charge in [0.15, 0.2) is 0 Å². The second-order valence-corrected chi connectivity index (χ2v) is 7.91. The maximum Gasteiger partial charge on any atom is 0.0951 e. The van der Waals surface area contributed by atoms with E-state index in [-0.39, 0.29) is 11.3 Å². The number of fused-ring (bicyclic) bond motifs is 2. The summed E-state index contributed by atoms with van der Waals surface area (Å²) in [7, 11) is 0. The molecule has 0 amide bonds.